The van der Waals surface area contributed by atoms with E-state index < -0.39 is 0 Å². The fourth-order valence-corrected chi connectivity index (χ4v) is 4.40. The number of methoxy groups -OCH3 is 1. The van der Waals surface area contributed by atoms with Crippen LogP contribution in [0.1, 0.15) is 28.7 Å². The van der Waals surface area contributed by atoms with E-state index in [0.29, 0.717) is 19.8 Å². The highest BCUT2D eigenvalue weighted by Crippen LogP contribution is 2.37. The molecule has 30 heavy (non-hydrogen) atoms. The average Bonchev–Trinajstić information content (AvgIpc) is 3.26. The van der Waals surface area contributed by atoms with Gasteiger partial charge in [0.1, 0.15) is 31.3 Å². The summed E-state index contributed by atoms with van der Waals surface area (Å²) in [4.78, 5) is 0. The van der Waals surface area contributed by atoms with E-state index in [-0.39, 0.29) is 0 Å². The molecule has 1 aliphatic heterocycles. The van der Waals surface area contributed by atoms with E-state index in [2.05, 4.69) is 43.3 Å². The molecule has 0 saturated carbocycles. The lowest BCUT2D eigenvalue weighted by Crippen LogP contribution is -2.15. The van der Waals surface area contributed by atoms with Crippen molar-refractivity contribution >= 4 is 0 Å². The van der Waals surface area contributed by atoms with Crippen molar-refractivity contribution in [2.75, 3.05) is 20.3 Å². The first-order chi connectivity index (χ1) is 14.7. The van der Waals surface area contributed by atoms with E-state index in [9.17, 15) is 0 Å². The number of rotatable bonds is 5. The maximum atomic E-state index is 6.31. The van der Waals surface area contributed by atoms with Gasteiger partial charge >= 0.3 is 0 Å². The molecule has 154 valence electrons. The zero-order valence-electron chi connectivity index (χ0n) is 17.5. The highest BCUT2D eigenvalue weighted by atomic mass is 16.6. The largest absolute Gasteiger partial charge is 0.497 e. The molecule has 4 nitrogen and oxygen atoms in total. The van der Waals surface area contributed by atoms with Crippen molar-refractivity contribution < 1.29 is 18.9 Å². The summed E-state index contributed by atoms with van der Waals surface area (Å²) in [6.45, 7) is 3.88. The molecule has 0 radical (unpaired) electrons. The number of benzene rings is 3. The Bertz CT molecular complexity index is 1090. The van der Waals surface area contributed by atoms with Gasteiger partial charge in [-0.3, -0.25) is 0 Å². The zero-order chi connectivity index (χ0) is 20.5. The summed E-state index contributed by atoms with van der Waals surface area (Å²) in [6, 6.07) is 16.7. The fraction of sp³-hybridized carbons (Fsp3) is 0.308. The molecule has 5 rings (SSSR count). The lowest BCUT2D eigenvalue weighted by Gasteiger charge is -2.20. The summed E-state index contributed by atoms with van der Waals surface area (Å²) >= 11 is 0. The predicted octanol–water partition coefficient (Wildman–Crippen LogP) is 5.51. The van der Waals surface area contributed by atoms with Crippen LogP contribution in [-0.4, -0.2) is 20.3 Å². The fourth-order valence-electron chi connectivity index (χ4n) is 4.40. The molecule has 0 fully saturated rings. The van der Waals surface area contributed by atoms with Crippen LogP contribution in [0.15, 0.2) is 48.5 Å². The van der Waals surface area contributed by atoms with Crippen LogP contribution >= 0.6 is 0 Å². The lowest BCUT2D eigenvalue weighted by molar-refractivity contribution is 0.171. The second-order valence-corrected chi connectivity index (χ2v) is 7.85. The normalized spacial score (nSPS) is 14.3. The van der Waals surface area contributed by atoms with Crippen molar-refractivity contribution in [1.82, 2.24) is 0 Å². The number of ether oxygens (including phenoxy) is 4. The van der Waals surface area contributed by atoms with Gasteiger partial charge in [0, 0.05) is 6.07 Å². The molecule has 2 aliphatic rings. The third-order valence-corrected chi connectivity index (χ3v) is 6.07. The zero-order valence-corrected chi connectivity index (χ0v) is 17.5. The minimum Gasteiger partial charge on any atom is -0.497 e. The third-order valence-electron chi connectivity index (χ3n) is 6.07. The quantitative estimate of drug-likeness (QED) is 0.564. The minimum absolute atomic E-state index is 0.532. The van der Waals surface area contributed by atoms with Crippen molar-refractivity contribution in [2.45, 2.75) is 32.8 Å². The first kappa shape index (κ1) is 18.9. The van der Waals surface area contributed by atoms with Gasteiger partial charge in [0.2, 0.25) is 0 Å². The molecule has 4 heteroatoms. The molecular weight excluding hydrogens is 376 g/mol. The van der Waals surface area contributed by atoms with E-state index >= 15 is 0 Å². The first-order valence-corrected chi connectivity index (χ1v) is 10.5. The summed E-state index contributed by atoms with van der Waals surface area (Å²) in [5.41, 5.74) is 7.39. The van der Waals surface area contributed by atoms with E-state index in [1.807, 2.05) is 12.1 Å². The van der Waals surface area contributed by atoms with Crippen LogP contribution < -0.4 is 18.9 Å². The van der Waals surface area contributed by atoms with Crippen molar-refractivity contribution in [3.05, 3.63) is 70.8 Å². The standard InChI is InChI=1S/C26H26O4/c1-17-20(16-30-25-15-21(27-2)13-18-5-3-8-23(18)25)6-4-7-22(17)19-9-10-24-26(14-19)29-12-11-28-24/h4,6-7,9-10,13-15H,3,5,8,11-12,16H2,1-2H3. The number of aryl methyl sites for hydroxylation is 1. The van der Waals surface area contributed by atoms with Crippen LogP contribution in [0.25, 0.3) is 11.1 Å². The molecule has 1 heterocycles. The predicted molar refractivity (Wildman–Crippen MR) is 117 cm³/mol. The van der Waals surface area contributed by atoms with Crippen LogP contribution in [-0.2, 0) is 19.4 Å². The Morgan fingerprint density at radius 2 is 1.80 bits per heavy atom. The SMILES string of the molecule is COc1cc2c(c(OCc3cccc(-c4ccc5c(c4)OCCO5)c3C)c1)CCC2. The van der Waals surface area contributed by atoms with Gasteiger partial charge in [-0.1, -0.05) is 24.3 Å². The Morgan fingerprint density at radius 3 is 2.67 bits per heavy atom. The van der Waals surface area contributed by atoms with Crippen LogP contribution in [0.3, 0.4) is 0 Å². The Morgan fingerprint density at radius 1 is 0.933 bits per heavy atom. The summed E-state index contributed by atoms with van der Waals surface area (Å²) in [5.74, 6) is 3.44. The van der Waals surface area contributed by atoms with Crippen LogP contribution in [0, 0.1) is 6.92 Å². The smallest absolute Gasteiger partial charge is 0.161 e. The maximum Gasteiger partial charge on any atom is 0.161 e. The van der Waals surface area contributed by atoms with E-state index in [0.717, 1.165) is 41.4 Å². The summed E-state index contributed by atoms with van der Waals surface area (Å²) in [5, 5.41) is 0. The van der Waals surface area contributed by atoms with Gasteiger partial charge in [0.05, 0.1) is 7.11 Å². The van der Waals surface area contributed by atoms with Crippen LogP contribution in [0.2, 0.25) is 0 Å². The molecule has 0 spiro atoms. The molecule has 0 unspecified atom stereocenters. The van der Waals surface area contributed by atoms with Crippen molar-refractivity contribution in [3.8, 4) is 34.1 Å². The molecule has 0 aromatic heterocycles. The van der Waals surface area contributed by atoms with Gasteiger partial charge in [0.25, 0.3) is 0 Å². The number of fused-ring (bicyclic) bond motifs is 2. The number of hydrogen-bond acceptors (Lipinski definition) is 4. The van der Waals surface area contributed by atoms with Gasteiger partial charge in [-0.2, -0.15) is 0 Å². The van der Waals surface area contributed by atoms with Crippen molar-refractivity contribution in [1.29, 1.82) is 0 Å². The highest BCUT2D eigenvalue weighted by molar-refractivity contribution is 5.71. The Labute approximate surface area is 177 Å². The summed E-state index contributed by atoms with van der Waals surface area (Å²) in [6.07, 6.45) is 3.35. The monoisotopic (exact) mass is 402 g/mol. The van der Waals surface area contributed by atoms with Gasteiger partial charge in [-0.05, 0) is 77.8 Å². The van der Waals surface area contributed by atoms with Gasteiger partial charge in [0.15, 0.2) is 11.5 Å². The summed E-state index contributed by atoms with van der Waals surface area (Å²) in [7, 11) is 1.71. The van der Waals surface area contributed by atoms with E-state index in [4.69, 9.17) is 18.9 Å². The molecule has 0 saturated heterocycles. The molecule has 3 aromatic carbocycles. The minimum atomic E-state index is 0.532. The third kappa shape index (κ3) is 3.47. The van der Waals surface area contributed by atoms with E-state index in [1.165, 1.54) is 34.2 Å². The average molecular weight is 402 g/mol. The molecular formula is C26H26O4. The Hall–Kier alpha value is -3.14. The first-order valence-electron chi connectivity index (χ1n) is 10.5. The molecule has 1 aliphatic carbocycles. The second kappa shape index (κ2) is 7.94. The lowest BCUT2D eigenvalue weighted by atomic mass is 9.96. The second-order valence-electron chi connectivity index (χ2n) is 7.85. The van der Waals surface area contributed by atoms with Crippen molar-refractivity contribution in [2.24, 2.45) is 0 Å². The molecule has 3 aromatic rings. The van der Waals surface area contributed by atoms with Gasteiger partial charge < -0.3 is 18.9 Å². The molecule has 0 N–H and O–H groups in total. The summed E-state index contributed by atoms with van der Waals surface area (Å²) < 4.78 is 23.2. The maximum absolute atomic E-state index is 6.31. The highest BCUT2D eigenvalue weighted by Gasteiger charge is 2.19. The molecule has 0 atom stereocenters. The van der Waals surface area contributed by atoms with Gasteiger partial charge in [-0.15, -0.1) is 0 Å². The molecule has 0 amide bonds. The van der Waals surface area contributed by atoms with E-state index in [1.54, 1.807) is 7.11 Å². The Kier molecular flexibility index (Phi) is 4.99. The van der Waals surface area contributed by atoms with Crippen LogP contribution in [0.5, 0.6) is 23.0 Å². The Balaban J connectivity index is 1.42. The molecule has 0 bridgehead atoms. The van der Waals surface area contributed by atoms with Gasteiger partial charge in [-0.25, -0.2) is 0 Å². The van der Waals surface area contributed by atoms with Crippen LogP contribution in [0.4, 0.5) is 0 Å². The number of hydrogen-bond donors (Lipinski definition) is 0. The topological polar surface area (TPSA) is 36.9 Å². The van der Waals surface area contributed by atoms with Crippen molar-refractivity contribution in [3.63, 3.8) is 0 Å².